The van der Waals surface area contributed by atoms with Crippen molar-refractivity contribution in [3.8, 4) is 11.9 Å². The summed E-state index contributed by atoms with van der Waals surface area (Å²) in [6.07, 6.45) is -1.51. The quantitative estimate of drug-likeness (QED) is 0.866. The number of nitrogens with zero attached hydrogens (tertiary/aromatic N) is 3. The maximum atomic E-state index is 12.6. The van der Waals surface area contributed by atoms with Gasteiger partial charge in [-0.05, 0) is 18.2 Å². The molecule has 2 aromatic heterocycles. The minimum absolute atomic E-state index is 0.0170. The highest BCUT2D eigenvalue weighted by molar-refractivity contribution is 5.39. The summed E-state index contributed by atoms with van der Waals surface area (Å²) in [7, 11) is 0. The van der Waals surface area contributed by atoms with Crippen molar-refractivity contribution in [3.05, 3.63) is 53.5 Å². The Morgan fingerprint density at radius 3 is 2.65 bits per heavy atom. The summed E-state index contributed by atoms with van der Waals surface area (Å²) in [4.78, 5) is 7.19. The smallest absolute Gasteiger partial charge is 0.433 e. The second kappa shape index (κ2) is 5.57. The SMILES string of the molecule is N#Cc1ccc(C(F)(F)F)nc1OCc1cccnc1. The van der Waals surface area contributed by atoms with Gasteiger partial charge in [-0.1, -0.05) is 6.07 Å². The molecule has 20 heavy (non-hydrogen) atoms. The topological polar surface area (TPSA) is 58.8 Å². The van der Waals surface area contributed by atoms with Crippen LogP contribution in [0.15, 0.2) is 36.7 Å². The lowest BCUT2D eigenvalue weighted by atomic mass is 10.2. The third-order valence-electron chi connectivity index (χ3n) is 2.37. The van der Waals surface area contributed by atoms with Gasteiger partial charge in [0.1, 0.15) is 23.9 Å². The highest BCUT2D eigenvalue weighted by Gasteiger charge is 2.33. The summed E-state index contributed by atoms with van der Waals surface area (Å²) in [5, 5.41) is 8.85. The number of ether oxygens (including phenoxy) is 1. The number of rotatable bonds is 3. The van der Waals surface area contributed by atoms with Crippen molar-refractivity contribution >= 4 is 0 Å². The molecule has 0 spiro atoms. The number of pyridine rings is 2. The average Bonchev–Trinajstić information content (AvgIpc) is 2.45. The van der Waals surface area contributed by atoms with Crippen molar-refractivity contribution in [1.29, 1.82) is 5.26 Å². The molecule has 0 aliphatic carbocycles. The lowest BCUT2D eigenvalue weighted by Crippen LogP contribution is -2.10. The first-order valence-electron chi connectivity index (χ1n) is 5.51. The van der Waals surface area contributed by atoms with Crippen molar-refractivity contribution < 1.29 is 17.9 Å². The molecule has 0 radical (unpaired) electrons. The molecule has 4 nitrogen and oxygen atoms in total. The molecule has 2 rings (SSSR count). The number of hydrogen-bond acceptors (Lipinski definition) is 4. The fraction of sp³-hybridized carbons (Fsp3) is 0.154. The van der Waals surface area contributed by atoms with Crippen LogP contribution < -0.4 is 4.74 Å². The molecule has 2 heterocycles. The average molecular weight is 279 g/mol. The van der Waals surface area contributed by atoms with Crippen LogP contribution in [0.2, 0.25) is 0 Å². The number of alkyl halides is 3. The standard InChI is InChI=1S/C13H8F3N3O/c14-13(15,16)11-4-3-10(6-17)12(19-11)20-8-9-2-1-5-18-7-9/h1-5,7H,8H2. The second-order valence-corrected chi connectivity index (χ2v) is 3.81. The van der Waals surface area contributed by atoms with Crippen LogP contribution in [0.1, 0.15) is 16.8 Å². The first kappa shape index (κ1) is 13.8. The van der Waals surface area contributed by atoms with Gasteiger partial charge >= 0.3 is 6.18 Å². The van der Waals surface area contributed by atoms with E-state index in [0.717, 1.165) is 12.1 Å². The molecule has 0 saturated heterocycles. The Morgan fingerprint density at radius 2 is 2.05 bits per heavy atom. The molecule has 0 saturated carbocycles. The minimum atomic E-state index is -4.58. The fourth-order valence-electron chi connectivity index (χ4n) is 1.43. The van der Waals surface area contributed by atoms with Crippen LogP contribution in [0, 0.1) is 11.3 Å². The van der Waals surface area contributed by atoms with E-state index in [-0.39, 0.29) is 18.1 Å². The Hall–Kier alpha value is -2.62. The number of hydrogen-bond donors (Lipinski definition) is 0. The predicted molar refractivity (Wildman–Crippen MR) is 62.5 cm³/mol. The van der Waals surface area contributed by atoms with Crippen LogP contribution in [0.4, 0.5) is 13.2 Å². The van der Waals surface area contributed by atoms with E-state index in [2.05, 4.69) is 9.97 Å². The highest BCUT2D eigenvalue weighted by Crippen LogP contribution is 2.30. The number of aromatic nitrogens is 2. The molecule has 0 unspecified atom stereocenters. The van der Waals surface area contributed by atoms with Crippen LogP contribution in [0.25, 0.3) is 0 Å². The van der Waals surface area contributed by atoms with E-state index >= 15 is 0 Å². The lowest BCUT2D eigenvalue weighted by molar-refractivity contribution is -0.141. The van der Waals surface area contributed by atoms with E-state index in [9.17, 15) is 13.2 Å². The molecular weight excluding hydrogens is 271 g/mol. The lowest BCUT2D eigenvalue weighted by Gasteiger charge is -2.10. The summed E-state index contributed by atoms with van der Waals surface area (Å²) in [6.45, 7) is -0.0170. The van der Waals surface area contributed by atoms with E-state index in [1.807, 2.05) is 0 Å². The monoisotopic (exact) mass is 279 g/mol. The molecular formula is C13H8F3N3O. The maximum Gasteiger partial charge on any atom is 0.433 e. The molecule has 0 bridgehead atoms. The van der Waals surface area contributed by atoms with Gasteiger partial charge in [0.05, 0.1) is 0 Å². The first-order valence-corrected chi connectivity index (χ1v) is 5.51. The van der Waals surface area contributed by atoms with Crippen LogP contribution in [0.3, 0.4) is 0 Å². The molecule has 2 aromatic rings. The molecule has 0 N–H and O–H groups in total. The normalized spacial score (nSPS) is 10.9. The van der Waals surface area contributed by atoms with Crippen molar-refractivity contribution in [2.45, 2.75) is 12.8 Å². The predicted octanol–water partition coefficient (Wildman–Crippen LogP) is 2.95. The Kier molecular flexibility index (Phi) is 3.84. The summed E-state index contributed by atoms with van der Waals surface area (Å²) in [5.41, 5.74) is -0.491. The summed E-state index contributed by atoms with van der Waals surface area (Å²) in [6, 6.07) is 6.89. The summed E-state index contributed by atoms with van der Waals surface area (Å²) < 4.78 is 42.8. The zero-order valence-corrected chi connectivity index (χ0v) is 10.1. The summed E-state index contributed by atoms with van der Waals surface area (Å²) >= 11 is 0. The minimum Gasteiger partial charge on any atom is -0.472 e. The van der Waals surface area contributed by atoms with Crippen molar-refractivity contribution in [1.82, 2.24) is 9.97 Å². The van der Waals surface area contributed by atoms with Gasteiger partial charge < -0.3 is 4.74 Å². The van der Waals surface area contributed by atoms with Crippen LogP contribution >= 0.6 is 0 Å². The van der Waals surface area contributed by atoms with Crippen LogP contribution in [0.5, 0.6) is 5.88 Å². The number of nitriles is 1. The molecule has 0 aromatic carbocycles. The van der Waals surface area contributed by atoms with E-state index in [0.29, 0.717) is 5.56 Å². The van der Waals surface area contributed by atoms with E-state index in [1.54, 1.807) is 24.4 Å². The molecule has 0 amide bonds. The van der Waals surface area contributed by atoms with Crippen molar-refractivity contribution in [2.24, 2.45) is 0 Å². The highest BCUT2D eigenvalue weighted by atomic mass is 19.4. The molecule has 7 heteroatoms. The van der Waals surface area contributed by atoms with Gasteiger partial charge in [-0.3, -0.25) is 4.98 Å². The van der Waals surface area contributed by atoms with Gasteiger partial charge in [-0.15, -0.1) is 0 Å². The molecule has 0 atom stereocenters. The molecule has 102 valence electrons. The number of halogens is 3. The fourth-order valence-corrected chi connectivity index (χ4v) is 1.43. The van der Waals surface area contributed by atoms with Gasteiger partial charge in [0, 0.05) is 18.0 Å². The van der Waals surface area contributed by atoms with Gasteiger partial charge in [0.2, 0.25) is 5.88 Å². The first-order chi connectivity index (χ1) is 9.50. The Morgan fingerprint density at radius 1 is 1.25 bits per heavy atom. The van der Waals surface area contributed by atoms with Gasteiger partial charge in [-0.2, -0.15) is 18.4 Å². The zero-order chi connectivity index (χ0) is 14.6. The second-order valence-electron chi connectivity index (χ2n) is 3.81. The molecule has 0 fully saturated rings. The van der Waals surface area contributed by atoms with E-state index < -0.39 is 11.9 Å². The Labute approximate surface area is 112 Å². The van der Waals surface area contributed by atoms with Crippen molar-refractivity contribution in [2.75, 3.05) is 0 Å². The van der Waals surface area contributed by atoms with E-state index in [4.69, 9.17) is 10.00 Å². The third kappa shape index (κ3) is 3.23. The van der Waals surface area contributed by atoms with Crippen molar-refractivity contribution in [3.63, 3.8) is 0 Å². The largest absolute Gasteiger partial charge is 0.472 e. The van der Waals surface area contributed by atoms with Crippen LogP contribution in [-0.2, 0) is 12.8 Å². The third-order valence-corrected chi connectivity index (χ3v) is 2.37. The Balaban J connectivity index is 2.24. The zero-order valence-electron chi connectivity index (χ0n) is 10.1. The van der Waals surface area contributed by atoms with E-state index in [1.165, 1.54) is 6.20 Å². The van der Waals surface area contributed by atoms with Gasteiger partial charge in [-0.25, -0.2) is 4.98 Å². The van der Waals surface area contributed by atoms with Gasteiger partial charge in [0.25, 0.3) is 0 Å². The maximum absolute atomic E-state index is 12.6. The molecule has 0 aliphatic heterocycles. The van der Waals surface area contributed by atoms with Crippen LogP contribution in [-0.4, -0.2) is 9.97 Å². The Bertz CT molecular complexity index is 636. The summed E-state index contributed by atoms with van der Waals surface area (Å²) in [5.74, 6) is -0.342. The van der Waals surface area contributed by atoms with Gasteiger partial charge in [0.15, 0.2) is 0 Å². The molecule has 0 aliphatic rings.